The molecule has 5 rings (SSSR count). The summed E-state index contributed by atoms with van der Waals surface area (Å²) in [5.74, 6) is 0.480. The van der Waals surface area contributed by atoms with Gasteiger partial charge in [-0.15, -0.1) is 0 Å². The number of H-pyrrole nitrogens is 1. The predicted octanol–water partition coefficient (Wildman–Crippen LogP) is 2.12. The Morgan fingerprint density at radius 3 is 2.36 bits per heavy atom. The Bertz CT molecular complexity index is 1430. The first-order valence-electron chi connectivity index (χ1n) is 10.4. The fourth-order valence-electron chi connectivity index (χ4n) is 4.17. The second-order valence-corrected chi connectivity index (χ2v) is 7.67. The van der Waals surface area contributed by atoms with Gasteiger partial charge >= 0.3 is 5.97 Å². The van der Waals surface area contributed by atoms with E-state index < -0.39 is 0 Å². The van der Waals surface area contributed by atoms with E-state index >= 15 is 0 Å². The number of carbonyl (C=O) groups is 1. The maximum absolute atomic E-state index is 11.9. The number of aromatic nitrogens is 2. The summed E-state index contributed by atoms with van der Waals surface area (Å²) in [5.41, 5.74) is 5.89. The number of carbonyl (C=O) groups excluding carboxylic acids is 1. The van der Waals surface area contributed by atoms with Gasteiger partial charge in [0.1, 0.15) is 11.3 Å². The fraction of sp³-hybridized carbons (Fsp3) is 0.111. The number of ether oxygens (including phenoxy) is 2. The van der Waals surface area contributed by atoms with Crippen molar-refractivity contribution in [2.45, 2.75) is 6.54 Å². The van der Waals surface area contributed by atoms with Gasteiger partial charge in [-0.05, 0) is 42.5 Å². The van der Waals surface area contributed by atoms with Gasteiger partial charge < -0.3 is 31.4 Å². The van der Waals surface area contributed by atoms with Crippen LogP contribution in [0.4, 0.5) is 0 Å². The first-order chi connectivity index (χ1) is 15.7. The molecule has 0 unspecified atom stereocenters. The van der Waals surface area contributed by atoms with Crippen LogP contribution >= 0.6 is 0 Å². The molecule has 0 radical (unpaired) electrons. The van der Waals surface area contributed by atoms with E-state index in [1.165, 1.54) is 12.7 Å². The number of fused-ring (bicyclic) bond motifs is 3. The van der Waals surface area contributed by atoms with Gasteiger partial charge in [0.2, 0.25) is 5.69 Å². The molecule has 0 aliphatic rings. The summed E-state index contributed by atoms with van der Waals surface area (Å²) in [4.78, 5) is 15.5. The minimum absolute atomic E-state index is 0. The first kappa shape index (κ1) is 22.6. The van der Waals surface area contributed by atoms with Crippen molar-refractivity contribution in [2.75, 3.05) is 14.2 Å². The van der Waals surface area contributed by atoms with Gasteiger partial charge in [-0.2, -0.15) is 4.57 Å². The fourth-order valence-corrected chi connectivity index (χ4v) is 4.17. The molecule has 0 fully saturated rings. The second kappa shape index (κ2) is 9.46. The smallest absolute Gasteiger partial charge is 0.337 e. The summed E-state index contributed by atoms with van der Waals surface area (Å²) in [5, 5.41) is 2.23. The Balaban J connectivity index is 0.00000259. The van der Waals surface area contributed by atoms with Crippen molar-refractivity contribution in [1.82, 2.24) is 4.98 Å². The van der Waals surface area contributed by atoms with Crippen molar-refractivity contribution >= 4 is 27.8 Å². The SMILES string of the molecule is COC(=O)c1ccc(-c2c3[nH]c4ccc(OC)cc4c3cc[n+]2Cc2ccccc2)cc1.[Br-]. The van der Waals surface area contributed by atoms with E-state index in [-0.39, 0.29) is 23.0 Å². The van der Waals surface area contributed by atoms with Crippen molar-refractivity contribution in [3.63, 3.8) is 0 Å². The average molecular weight is 503 g/mol. The Morgan fingerprint density at radius 2 is 1.67 bits per heavy atom. The number of hydrogen-bond donors (Lipinski definition) is 1. The van der Waals surface area contributed by atoms with Crippen molar-refractivity contribution in [1.29, 1.82) is 0 Å². The summed E-state index contributed by atoms with van der Waals surface area (Å²) in [6, 6.07) is 26.1. The molecule has 0 spiro atoms. The number of benzene rings is 3. The number of methoxy groups -OCH3 is 2. The number of esters is 1. The van der Waals surface area contributed by atoms with E-state index in [1.54, 1.807) is 19.2 Å². The van der Waals surface area contributed by atoms with Crippen LogP contribution in [0.1, 0.15) is 15.9 Å². The molecule has 0 bridgehead atoms. The van der Waals surface area contributed by atoms with Crippen LogP contribution in [0.3, 0.4) is 0 Å². The molecule has 2 aromatic heterocycles. The zero-order valence-corrected chi connectivity index (χ0v) is 19.9. The molecule has 0 atom stereocenters. The number of halogens is 1. The number of hydrogen-bond acceptors (Lipinski definition) is 3. The van der Waals surface area contributed by atoms with Crippen molar-refractivity contribution in [3.8, 4) is 17.0 Å². The number of pyridine rings is 1. The standard InChI is InChI=1S/C27H22N2O3.BrH/c1-31-21-12-13-24-23(16-21)22-14-15-29(17-18-6-4-3-5-7-18)26(25(22)28-24)19-8-10-20(11-9-19)27(30)32-2;/h3-16H,17H2,1-2H3;1H. The maximum Gasteiger partial charge on any atom is 0.337 e. The Morgan fingerprint density at radius 1 is 0.909 bits per heavy atom. The van der Waals surface area contributed by atoms with Gasteiger partial charge in [-0.25, -0.2) is 4.79 Å². The molecule has 1 N–H and O–H groups in total. The average Bonchev–Trinajstić information content (AvgIpc) is 3.22. The van der Waals surface area contributed by atoms with Crippen LogP contribution in [0, 0.1) is 0 Å². The van der Waals surface area contributed by atoms with Crippen molar-refractivity contribution in [2.24, 2.45) is 0 Å². The van der Waals surface area contributed by atoms with Gasteiger partial charge in [0.25, 0.3) is 0 Å². The Kier molecular flexibility index (Phi) is 6.47. The highest BCUT2D eigenvalue weighted by Gasteiger charge is 2.22. The van der Waals surface area contributed by atoms with Crippen molar-refractivity contribution < 1.29 is 35.8 Å². The van der Waals surface area contributed by atoms with E-state index in [0.29, 0.717) is 5.56 Å². The molecule has 0 aliphatic carbocycles. The lowest BCUT2D eigenvalue weighted by Gasteiger charge is -2.07. The van der Waals surface area contributed by atoms with Crippen LogP contribution < -0.4 is 26.3 Å². The summed E-state index contributed by atoms with van der Waals surface area (Å²) >= 11 is 0. The van der Waals surface area contributed by atoms with Crippen LogP contribution in [0.5, 0.6) is 5.75 Å². The number of nitrogens with one attached hydrogen (secondary N) is 1. The monoisotopic (exact) mass is 502 g/mol. The number of nitrogens with zero attached hydrogens (tertiary/aromatic N) is 1. The van der Waals surface area contributed by atoms with E-state index in [9.17, 15) is 4.79 Å². The Hall–Kier alpha value is -3.64. The summed E-state index contributed by atoms with van der Waals surface area (Å²) in [7, 11) is 3.07. The molecule has 0 saturated heterocycles. The third-order valence-corrected chi connectivity index (χ3v) is 5.77. The molecular weight excluding hydrogens is 480 g/mol. The second-order valence-electron chi connectivity index (χ2n) is 7.67. The molecule has 3 aromatic carbocycles. The minimum Gasteiger partial charge on any atom is -1.00 e. The van der Waals surface area contributed by atoms with E-state index in [2.05, 4.69) is 52.1 Å². The van der Waals surface area contributed by atoms with Crippen LogP contribution in [0.15, 0.2) is 85.1 Å². The minimum atomic E-state index is -0.343. The molecule has 2 heterocycles. The van der Waals surface area contributed by atoms with Crippen LogP contribution in [0.25, 0.3) is 33.1 Å². The third kappa shape index (κ3) is 4.22. The lowest BCUT2D eigenvalue weighted by molar-refractivity contribution is -0.676. The molecule has 5 aromatic rings. The Labute approximate surface area is 202 Å². The highest BCUT2D eigenvalue weighted by Crippen LogP contribution is 2.33. The van der Waals surface area contributed by atoms with Gasteiger partial charge in [0.05, 0.1) is 19.8 Å². The molecule has 0 saturated carbocycles. The molecule has 6 heteroatoms. The van der Waals surface area contributed by atoms with E-state index in [0.717, 1.165) is 45.4 Å². The number of aromatic amines is 1. The normalized spacial score (nSPS) is 10.7. The lowest BCUT2D eigenvalue weighted by atomic mass is 10.0. The van der Waals surface area contributed by atoms with Gasteiger partial charge in [-0.3, -0.25) is 0 Å². The highest BCUT2D eigenvalue weighted by molar-refractivity contribution is 6.10. The topological polar surface area (TPSA) is 55.2 Å². The van der Waals surface area contributed by atoms with E-state index in [1.807, 2.05) is 30.3 Å². The molecule has 0 amide bonds. The summed E-state index contributed by atoms with van der Waals surface area (Å²) < 4.78 is 12.5. The summed E-state index contributed by atoms with van der Waals surface area (Å²) in [6.45, 7) is 0.726. The summed E-state index contributed by atoms with van der Waals surface area (Å²) in [6.07, 6.45) is 2.12. The third-order valence-electron chi connectivity index (χ3n) is 5.77. The van der Waals surface area contributed by atoms with Crippen molar-refractivity contribution in [3.05, 3.63) is 96.2 Å². The maximum atomic E-state index is 11.9. The molecule has 5 nitrogen and oxygen atoms in total. The lowest BCUT2D eigenvalue weighted by Crippen LogP contribution is -3.00. The predicted molar refractivity (Wildman–Crippen MR) is 125 cm³/mol. The van der Waals surface area contributed by atoms with Crippen LogP contribution in [-0.4, -0.2) is 25.2 Å². The number of rotatable bonds is 5. The highest BCUT2D eigenvalue weighted by atomic mass is 79.9. The van der Waals surface area contributed by atoms with Crippen LogP contribution in [0.2, 0.25) is 0 Å². The van der Waals surface area contributed by atoms with Gasteiger partial charge in [0.15, 0.2) is 12.7 Å². The molecule has 166 valence electrons. The quantitative estimate of drug-likeness (QED) is 0.296. The molecule has 0 aliphatic heterocycles. The van der Waals surface area contributed by atoms with E-state index in [4.69, 9.17) is 9.47 Å². The van der Waals surface area contributed by atoms with Crippen LogP contribution in [-0.2, 0) is 11.3 Å². The largest absolute Gasteiger partial charge is 1.00 e. The zero-order chi connectivity index (χ0) is 22.1. The van der Waals surface area contributed by atoms with Gasteiger partial charge in [-0.1, -0.05) is 30.3 Å². The molecule has 33 heavy (non-hydrogen) atoms. The van der Waals surface area contributed by atoms with Gasteiger partial charge in [0, 0.05) is 33.5 Å². The molecular formula is C27H23BrN2O3. The zero-order valence-electron chi connectivity index (χ0n) is 18.3. The first-order valence-corrected chi connectivity index (χ1v) is 10.4.